The molecule has 0 aromatic carbocycles. The second-order valence-corrected chi connectivity index (χ2v) is 7.42. The van der Waals surface area contributed by atoms with Gasteiger partial charge in [0.25, 0.3) is 5.89 Å². The van der Waals surface area contributed by atoms with Crippen LogP contribution in [0.1, 0.15) is 33.8 Å². The van der Waals surface area contributed by atoms with E-state index in [1.165, 1.54) is 10.6 Å². The summed E-state index contributed by atoms with van der Waals surface area (Å²) in [5.74, 6) is -0.915. The fourth-order valence-electron chi connectivity index (χ4n) is 4.05. The molecule has 11 nitrogen and oxygen atoms in total. The molecule has 1 aliphatic heterocycles. The van der Waals surface area contributed by atoms with Gasteiger partial charge in [-0.05, 0) is 24.3 Å². The Morgan fingerprint density at radius 2 is 2.19 bits per heavy atom. The normalized spacial score (nSPS) is 15.9. The van der Waals surface area contributed by atoms with Gasteiger partial charge in [-0.1, -0.05) is 6.07 Å². The van der Waals surface area contributed by atoms with E-state index in [1.807, 2.05) is 0 Å². The number of halogens is 1. The van der Waals surface area contributed by atoms with Gasteiger partial charge in [-0.2, -0.15) is 14.6 Å². The third-order valence-corrected chi connectivity index (χ3v) is 5.57. The molecule has 0 saturated heterocycles. The van der Waals surface area contributed by atoms with Crippen molar-refractivity contribution in [1.82, 2.24) is 44.5 Å². The topological polar surface area (TPSA) is 123 Å². The van der Waals surface area contributed by atoms with Gasteiger partial charge in [0.2, 0.25) is 5.95 Å². The summed E-state index contributed by atoms with van der Waals surface area (Å²) in [7, 11) is 1.74. The molecule has 1 aliphatic rings. The van der Waals surface area contributed by atoms with Crippen molar-refractivity contribution in [3.8, 4) is 11.6 Å². The summed E-state index contributed by atoms with van der Waals surface area (Å²) in [5.41, 5.74) is 3.21. The van der Waals surface area contributed by atoms with Crippen molar-refractivity contribution in [2.75, 3.05) is 6.54 Å². The van der Waals surface area contributed by atoms with Crippen LogP contribution in [-0.4, -0.2) is 56.9 Å². The zero-order chi connectivity index (χ0) is 21.8. The van der Waals surface area contributed by atoms with Crippen LogP contribution in [0.4, 0.5) is 4.39 Å². The quantitative estimate of drug-likeness (QED) is 0.430. The van der Waals surface area contributed by atoms with E-state index < -0.39 is 17.9 Å². The van der Waals surface area contributed by atoms with Gasteiger partial charge >= 0.3 is 11.8 Å². The van der Waals surface area contributed by atoms with Crippen LogP contribution in [0.5, 0.6) is 0 Å². The first-order valence-electron chi connectivity index (χ1n) is 9.89. The van der Waals surface area contributed by atoms with Gasteiger partial charge in [0.1, 0.15) is 11.7 Å². The zero-order valence-corrected chi connectivity index (χ0v) is 16.8. The second-order valence-electron chi connectivity index (χ2n) is 7.42. The Bertz CT molecular complexity index is 1460. The molecular weight excluding hydrogens is 417 g/mol. The Morgan fingerprint density at radius 3 is 3.00 bits per heavy atom. The smallest absolute Gasteiger partial charge is 0.312 e. The van der Waals surface area contributed by atoms with E-state index in [-0.39, 0.29) is 11.8 Å². The number of aromatic nitrogens is 8. The monoisotopic (exact) mass is 433 g/mol. The number of nitrogens with one attached hydrogen (secondary N) is 1. The SMILES string of the molecule is Cn1nccc1-c1nnc(C(=O)N2CCc3[nH]cnc3[C@H]2c2cc3cccc(F)n3n2)o1. The third kappa shape index (κ3) is 2.72. The van der Waals surface area contributed by atoms with Crippen molar-refractivity contribution in [3.63, 3.8) is 0 Å². The van der Waals surface area contributed by atoms with E-state index in [0.717, 1.165) is 5.69 Å². The Balaban J connectivity index is 1.42. The van der Waals surface area contributed by atoms with Crippen molar-refractivity contribution in [2.45, 2.75) is 12.5 Å². The number of H-pyrrole nitrogens is 1. The van der Waals surface area contributed by atoms with Crippen molar-refractivity contribution in [3.05, 3.63) is 71.8 Å². The van der Waals surface area contributed by atoms with Crippen molar-refractivity contribution in [2.24, 2.45) is 7.05 Å². The highest BCUT2D eigenvalue weighted by Crippen LogP contribution is 2.34. The van der Waals surface area contributed by atoms with E-state index in [1.54, 1.807) is 53.4 Å². The number of pyridine rings is 1. The van der Waals surface area contributed by atoms with Crippen LogP contribution in [0, 0.1) is 5.95 Å². The summed E-state index contributed by atoms with van der Waals surface area (Å²) in [4.78, 5) is 22.5. The van der Waals surface area contributed by atoms with Gasteiger partial charge in [-0.3, -0.25) is 9.48 Å². The average molecular weight is 433 g/mol. The molecule has 5 aromatic rings. The number of imidazole rings is 1. The van der Waals surface area contributed by atoms with Gasteiger partial charge in [0, 0.05) is 31.9 Å². The molecule has 0 bridgehead atoms. The first-order chi connectivity index (χ1) is 15.6. The maximum atomic E-state index is 14.3. The van der Waals surface area contributed by atoms with Crippen LogP contribution >= 0.6 is 0 Å². The third-order valence-electron chi connectivity index (χ3n) is 5.57. The number of aromatic amines is 1. The van der Waals surface area contributed by atoms with Crippen LogP contribution in [0.15, 0.2) is 47.3 Å². The predicted molar refractivity (Wildman–Crippen MR) is 107 cm³/mol. The number of amides is 1. The van der Waals surface area contributed by atoms with Crippen molar-refractivity contribution in [1.29, 1.82) is 0 Å². The number of fused-ring (bicyclic) bond motifs is 2. The van der Waals surface area contributed by atoms with Crippen LogP contribution in [0.25, 0.3) is 17.1 Å². The van der Waals surface area contributed by atoms with Crippen LogP contribution in [0.2, 0.25) is 0 Å². The number of nitrogens with zero attached hydrogens (tertiary/aromatic N) is 8. The number of carbonyl (C=O) groups is 1. The maximum absolute atomic E-state index is 14.3. The summed E-state index contributed by atoms with van der Waals surface area (Å²) in [6.07, 6.45) is 3.75. The molecule has 6 heterocycles. The summed E-state index contributed by atoms with van der Waals surface area (Å²) >= 11 is 0. The fraction of sp³-hybridized carbons (Fsp3) is 0.200. The number of hydrogen-bond donors (Lipinski definition) is 1. The molecule has 0 fully saturated rings. The molecule has 0 radical (unpaired) electrons. The lowest BCUT2D eigenvalue weighted by Gasteiger charge is -2.32. The minimum Gasteiger partial charge on any atom is -0.411 e. The molecule has 0 saturated carbocycles. The number of carbonyl (C=O) groups excluding carboxylic acids is 1. The predicted octanol–water partition coefficient (Wildman–Crippen LogP) is 1.77. The van der Waals surface area contributed by atoms with E-state index in [0.29, 0.717) is 35.6 Å². The average Bonchev–Trinajstić information content (AvgIpc) is 3.57. The van der Waals surface area contributed by atoms with E-state index in [4.69, 9.17) is 4.42 Å². The summed E-state index contributed by atoms with van der Waals surface area (Å²) in [6, 6.07) is 7.51. The van der Waals surface area contributed by atoms with Gasteiger partial charge in [-0.25, -0.2) is 9.50 Å². The molecule has 5 aromatic heterocycles. The van der Waals surface area contributed by atoms with Crippen LogP contribution in [0.3, 0.4) is 0 Å². The largest absolute Gasteiger partial charge is 0.411 e. The molecule has 6 rings (SSSR count). The standard InChI is InChI=1S/C20H16FN9O2/c1-28-14(5-7-24-28)18-25-26-19(32-18)20(31)29-8-6-12-16(23-10-22-12)17(29)13-9-11-3-2-4-15(21)30(11)27-13/h2-5,7,9-10,17H,6,8H2,1H3,(H,22,23)/t17-/m1/s1. The van der Waals surface area contributed by atoms with Gasteiger partial charge in [0.05, 0.1) is 23.2 Å². The van der Waals surface area contributed by atoms with E-state index in [9.17, 15) is 9.18 Å². The highest BCUT2D eigenvalue weighted by atomic mass is 19.1. The minimum atomic E-state index is -0.635. The lowest BCUT2D eigenvalue weighted by atomic mass is 9.99. The summed E-state index contributed by atoms with van der Waals surface area (Å²) < 4.78 is 22.7. The van der Waals surface area contributed by atoms with Crippen molar-refractivity contribution >= 4 is 11.4 Å². The number of hydrogen-bond acceptors (Lipinski definition) is 7. The molecule has 1 N–H and O–H groups in total. The fourth-order valence-corrected chi connectivity index (χ4v) is 4.05. The lowest BCUT2D eigenvalue weighted by Crippen LogP contribution is -2.41. The molecule has 0 spiro atoms. The Hall–Kier alpha value is -4.35. The van der Waals surface area contributed by atoms with Gasteiger partial charge in [0.15, 0.2) is 0 Å². The maximum Gasteiger partial charge on any atom is 0.312 e. The molecule has 12 heteroatoms. The molecular formula is C20H16FN9O2. The van der Waals surface area contributed by atoms with Crippen molar-refractivity contribution < 1.29 is 13.6 Å². The van der Waals surface area contributed by atoms with E-state index >= 15 is 0 Å². The Morgan fingerprint density at radius 1 is 1.28 bits per heavy atom. The Labute approximate surface area is 179 Å². The number of rotatable bonds is 3. The van der Waals surface area contributed by atoms with E-state index in [2.05, 4.69) is 30.4 Å². The highest BCUT2D eigenvalue weighted by Gasteiger charge is 2.38. The van der Waals surface area contributed by atoms with Gasteiger partial charge in [-0.15, -0.1) is 10.2 Å². The molecule has 0 unspecified atom stereocenters. The highest BCUT2D eigenvalue weighted by molar-refractivity contribution is 5.90. The molecule has 32 heavy (non-hydrogen) atoms. The van der Waals surface area contributed by atoms with Crippen LogP contribution < -0.4 is 0 Å². The summed E-state index contributed by atoms with van der Waals surface area (Å²) in [5, 5.41) is 16.4. The first-order valence-corrected chi connectivity index (χ1v) is 9.89. The molecule has 1 amide bonds. The second kappa shape index (κ2) is 6.83. The number of aryl methyl sites for hydroxylation is 1. The minimum absolute atomic E-state index is 0.153. The lowest BCUT2D eigenvalue weighted by molar-refractivity contribution is 0.0646. The molecule has 0 aliphatic carbocycles. The zero-order valence-electron chi connectivity index (χ0n) is 16.8. The first kappa shape index (κ1) is 18.4. The van der Waals surface area contributed by atoms with Gasteiger partial charge < -0.3 is 14.3 Å². The molecule has 160 valence electrons. The summed E-state index contributed by atoms with van der Waals surface area (Å²) in [6.45, 7) is 0.373. The van der Waals surface area contributed by atoms with Crippen LogP contribution in [-0.2, 0) is 13.5 Å². The molecule has 1 atom stereocenters. The Kier molecular flexibility index (Phi) is 3.93.